The molecule has 1 aromatic rings. The highest BCUT2D eigenvalue weighted by molar-refractivity contribution is 5.32. The van der Waals surface area contributed by atoms with E-state index in [1.807, 2.05) is 12.1 Å². The smallest absolute Gasteiger partial charge is 0.269 e. The summed E-state index contributed by atoms with van der Waals surface area (Å²) in [7, 11) is 0. The van der Waals surface area contributed by atoms with E-state index < -0.39 is 0 Å². The van der Waals surface area contributed by atoms with Crippen molar-refractivity contribution in [2.45, 2.75) is 19.4 Å². The van der Waals surface area contributed by atoms with Gasteiger partial charge in [0.15, 0.2) is 0 Å². The van der Waals surface area contributed by atoms with E-state index in [9.17, 15) is 10.1 Å². The van der Waals surface area contributed by atoms with Gasteiger partial charge in [-0.1, -0.05) is 19.1 Å². The van der Waals surface area contributed by atoms with Gasteiger partial charge < -0.3 is 10.6 Å². The maximum absolute atomic E-state index is 10.5. The average Bonchev–Trinajstić information content (AvgIpc) is 2.67. The highest BCUT2D eigenvalue weighted by Gasteiger charge is 2.25. The number of likely N-dealkylation sites (tertiary alicyclic amines) is 1. The lowest BCUT2D eigenvalue weighted by molar-refractivity contribution is -0.384. The van der Waals surface area contributed by atoms with Gasteiger partial charge in [0.2, 0.25) is 0 Å². The van der Waals surface area contributed by atoms with Crippen LogP contribution in [-0.4, -0.2) is 35.5 Å². The van der Waals surface area contributed by atoms with Crippen LogP contribution >= 0.6 is 0 Å². The normalized spacial score (nSPS) is 24.3. The Kier molecular flexibility index (Phi) is 3.93. The molecule has 0 radical (unpaired) electrons. The molecule has 0 aromatic heterocycles. The number of benzene rings is 1. The summed E-state index contributed by atoms with van der Waals surface area (Å²) in [6.07, 6.45) is 0.914. The Labute approximate surface area is 107 Å². The van der Waals surface area contributed by atoms with E-state index in [2.05, 4.69) is 11.8 Å². The van der Waals surface area contributed by atoms with Crippen LogP contribution in [0.15, 0.2) is 24.3 Å². The summed E-state index contributed by atoms with van der Waals surface area (Å²) in [6, 6.07) is 7.07. The third-order valence-electron chi connectivity index (χ3n) is 3.61. The largest absolute Gasteiger partial charge is 0.326 e. The maximum atomic E-state index is 10.5. The van der Waals surface area contributed by atoms with Crippen molar-refractivity contribution < 1.29 is 4.92 Å². The Morgan fingerprint density at radius 2 is 2.06 bits per heavy atom. The third-order valence-corrected chi connectivity index (χ3v) is 3.61. The number of hydrogen-bond acceptors (Lipinski definition) is 4. The summed E-state index contributed by atoms with van der Waals surface area (Å²) in [5.41, 5.74) is 7.26. The topological polar surface area (TPSA) is 72.4 Å². The van der Waals surface area contributed by atoms with Crippen molar-refractivity contribution in [1.29, 1.82) is 0 Å². The van der Waals surface area contributed by atoms with Gasteiger partial charge in [-0.25, -0.2) is 0 Å². The fraction of sp³-hybridized carbons (Fsp3) is 0.538. The molecule has 18 heavy (non-hydrogen) atoms. The molecular weight excluding hydrogens is 230 g/mol. The lowest BCUT2D eigenvalue weighted by atomic mass is 10.1. The standard InChI is InChI=1S/C13H19N3O2/c1-10-8-15(9-13(10)14)7-6-11-2-4-12(5-3-11)16(17)18/h2-5,10,13H,6-9,14H2,1H3. The minimum atomic E-state index is -0.370. The van der Waals surface area contributed by atoms with Gasteiger partial charge in [-0.2, -0.15) is 0 Å². The summed E-state index contributed by atoms with van der Waals surface area (Å²) in [5.74, 6) is 0.557. The van der Waals surface area contributed by atoms with Crippen molar-refractivity contribution in [1.82, 2.24) is 4.90 Å². The molecule has 1 heterocycles. The molecule has 2 atom stereocenters. The zero-order valence-electron chi connectivity index (χ0n) is 10.6. The molecule has 1 aromatic carbocycles. The molecule has 2 N–H and O–H groups in total. The van der Waals surface area contributed by atoms with Crippen LogP contribution in [0.1, 0.15) is 12.5 Å². The van der Waals surface area contributed by atoms with Crippen molar-refractivity contribution in [3.05, 3.63) is 39.9 Å². The van der Waals surface area contributed by atoms with Gasteiger partial charge >= 0.3 is 0 Å². The predicted octanol–water partition coefficient (Wildman–Crippen LogP) is 1.42. The molecule has 2 rings (SSSR count). The molecule has 2 unspecified atom stereocenters. The first-order chi connectivity index (χ1) is 8.56. The zero-order chi connectivity index (χ0) is 13.1. The van der Waals surface area contributed by atoms with Crippen molar-refractivity contribution in [3.8, 4) is 0 Å². The molecule has 0 aliphatic carbocycles. The van der Waals surface area contributed by atoms with Gasteiger partial charge in [0.25, 0.3) is 5.69 Å². The van der Waals surface area contributed by atoms with Gasteiger partial charge in [-0.3, -0.25) is 10.1 Å². The average molecular weight is 249 g/mol. The van der Waals surface area contributed by atoms with Crippen molar-refractivity contribution in [2.75, 3.05) is 19.6 Å². The summed E-state index contributed by atoms with van der Waals surface area (Å²) in [4.78, 5) is 12.5. The van der Waals surface area contributed by atoms with Gasteiger partial charge in [0.05, 0.1) is 4.92 Å². The van der Waals surface area contributed by atoms with Gasteiger partial charge in [0, 0.05) is 37.8 Å². The van der Waals surface area contributed by atoms with E-state index in [4.69, 9.17) is 5.73 Å². The lowest BCUT2D eigenvalue weighted by Crippen LogP contribution is -2.29. The van der Waals surface area contributed by atoms with Crippen molar-refractivity contribution in [2.24, 2.45) is 11.7 Å². The molecule has 1 saturated heterocycles. The minimum Gasteiger partial charge on any atom is -0.326 e. The van der Waals surface area contributed by atoms with Crippen LogP contribution in [0.3, 0.4) is 0 Å². The SMILES string of the molecule is CC1CN(CCc2ccc([N+](=O)[O-])cc2)CC1N. The second-order valence-electron chi connectivity index (χ2n) is 5.07. The number of hydrogen-bond donors (Lipinski definition) is 1. The first kappa shape index (κ1) is 13.0. The molecule has 0 amide bonds. The minimum absolute atomic E-state index is 0.149. The molecule has 5 nitrogen and oxygen atoms in total. The van der Waals surface area contributed by atoms with Crippen molar-refractivity contribution >= 4 is 5.69 Å². The number of nitrogens with two attached hydrogens (primary N) is 1. The van der Waals surface area contributed by atoms with E-state index in [-0.39, 0.29) is 16.7 Å². The van der Waals surface area contributed by atoms with E-state index in [1.54, 1.807) is 12.1 Å². The maximum Gasteiger partial charge on any atom is 0.269 e. The van der Waals surface area contributed by atoms with E-state index in [0.29, 0.717) is 5.92 Å². The summed E-state index contributed by atoms with van der Waals surface area (Å²) in [5, 5.41) is 10.5. The highest BCUT2D eigenvalue weighted by atomic mass is 16.6. The molecular formula is C13H19N3O2. The van der Waals surface area contributed by atoms with Gasteiger partial charge in [0.1, 0.15) is 0 Å². The van der Waals surface area contributed by atoms with Crippen LogP contribution in [0.25, 0.3) is 0 Å². The molecule has 0 spiro atoms. The number of nitro benzene ring substituents is 1. The van der Waals surface area contributed by atoms with Gasteiger partial charge in [-0.05, 0) is 17.9 Å². The summed E-state index contributed by atoms with van der Waals surface area (Å²) < 4.78 is 0. The van der Waals surface area contributed by atoms with Crippen LogP contribution in [0.2, 0.25) is 0 Å². The molecule has 5 heteroatoms. The molecule has 1 fully saturated rings. The van der Waals surface area contributed by atoms with Crippen LogP contribution in [-0.2, 0) is 6.42 Å². The third kappa shape index (κ3) is 3.05. The fourth-order valence-corrected chi connectivity index (χ4v) is 2.35. The van der Waals surface area contributed by atoms with E-state index in [0.717, 1.165) is 31.6 Å². The number of rotatable bonds is 4. The van der Waals surface area contributed by atoms with Gasteiger partial charge in [-0.15, -0.1) is 0 Å². The van der Waals surface area contributed by atoms with E-state index >= 15 is 0 Å². The van der Waals surface area contributed by atoms with Crippen LogP contribution < -0.4 is 5.73 Å². The second-order valence-corrected chi connectivity index (χ2v) is 5.07. The number of nitrogens with zero attached hydrogens (tertiary/aromatic N) is 2. The second kappa shape index (κ2) is 5.46. The molecule has 0 saturated carbocycles. The molecule has 1 aliphatic heterocycles. The van der Waals surface area contributed by atoms with Crippen LogP contribution in [0.4, 0.5) is 5.69 Å². The quantitative estimate of drug-likeness (QED) is 0.647. The van der Waals surface area contributed by atoms with E-state index in [1.165, 1.54) is 0 Å². The first-order valence-corrected chi connectivity index (χ1v) is 6.27. The predicted molar refractivity (Wildman–Crippen MR) is 70.4 cm³/mol. The Balaban J connectivity index is 1.85. The lowest BCUT2D eigenvalue weighted by Gasteiger charge is -2.14. The summed E-state index contributed by atoms with van der Waals surface area (Å²) in [6.45, 7) is 5.15. The molecule has 1 aliphatic rings. The zero-order valence-corrected chi connectivity index (χ0v) is 10.6. The molecule has 98 valence electrons. The Bertz CT molecular complexity index is 409. The van der Waals surface area contributed by atoms with Crippen LogP contribution in [0, 0.1) is 16.0 Å². The Morgan fingerprint density at radius 3 is 2.56 bits per heavy atom. The molecule has 0 bridgehead atoms. The number of non-ortho nitro benzene ring substituents is 1. The number of nitro groups is 1. The highest BCUT2D eigenvalue weighted by Crippen LogP contribution is 2.16. The fourth-order valence-electron chi connectivity index (χ4n) is 2.35. The Hall–Kier alpha value is -1.46. The summed E-state index contributed by atoms with van der Waals surface area (Å²) >= 11 is 0. The van der Waals surface area contributed by atoms with Crippen molar-refractivity contribution in [3.63, 3.8) is 0 Å². The van der Waals surface area contributed by atoms with Crippen LogP contribution in [0.5, 0.6) is 0 Å². The Morgan fingerprint density at radius 1 is 1.39 bits per heavy atom. The first-order valence-electron chi connectivity index (χ1n) is 6.27. The monoisotopic (exact) mass is 249 g/mol.